The van der Waals surface area contributed by atoms with Crippen molar-refractivity contribution < 1.29 is 19.1 Å². The maximum atomic E-state index is 11.5. The molecule has 0 aliphatic heterocycles. The van der Waals surface area contributed by atoms with Gasteiger partial charge < -0.3 is 14.8 Å². The Morgan fingerprint density at radius 2 is 2.05 bits per heavy atom. The molecular formula is C14H17NO4. The van der Waals surface area contributed by atoms with Crippen LogP contribution in [0.15, 0.2) is 43.0 Å². The fourth-order valence-electron chi connectivity index (χ4n) is 1.43. The summed E-state index contributed by atoms with van der Waals surface area (Å²) < 4.78 is 9.58. The minimum atomic E-state index is -0.772. The molecule has 0 radical (unpaired) electrons. The van der Waals surface area contributed by atoms with Crippen molar-refractivity contribution in [3.63, 3.8) is 0 Å². The maximum absolute atomic E-state index is 11.5. The highest BCUT2D eigenvalue weighted by atomic mass is 16.6. The number of carbonyl (C=O) groups is 2. The minimum absolute atomic E-state index is 0.147. The maximum Gasteiger partial charge on any atom is 0.408 e. The molecule has 1 aromatic rings. The molecule has 1 aromatic carbocycles. The third-order valence-electron chi connectivity index (χ3n) is 2.39. The van der Waals surface area contributed by atoms with Crippen LogP contribution in [0.4, 0.5) is 4.79 Å². The fourth-order valence-corrected chi connectivity index (χ4v) is 1.43. The summed E-state index contributed by atoms with van der Waals surface area (Å²) in [7, 11) is 1.26. The van der Waals surface area contributed by atoms with E-state index in [4.69, 9.17) is 4.74 Å². The highest BCUT2D eigenvalue weighted by molar-refractivity contribution is 5.81. The number of hydrogen-bond donors (Lipinski definition) is 1. The molecule has 0 aromatic heterocycles. The van der Waals surface area contributed by atoms with Gasteiger partial charge >= 0.3 is 12.1 Å². The van der Waals surface area contributed by atoms with Crippen LogP contribution >= 0.6 is 0 Å². The van der Waals surface area contributed by atoms with Crippen molar-refractivity contribution in [1.29, 1.82) is 0 Å². The lowest BCUT2D eigenvalue weighted by Gasteiger charge is -2.14. The quantitative estimate of drug-likeness (QED) is 0.630. The number of alkyl carbamates (subject to hydrolysis) is 1. The van der Waals surface area contributed by atoms with Gasteiger partial charge in [-0.2, -0.15) is 0 Å². The molecule has 0 saturated carbocycles. The number of nitrogens with one attached hydrogen (secondary N) is 1. The Morgan fingerprint density at radius 1 is 1.37 bits per heavy atom. The highest BCUT2D eigenvalue weighted by Crippen LogP contribution is 2.02. The molecule has 1 N–H and O–H groups in total. The van der Waals surface area contributed by atoms with E-state index in [2.05, 4.69) is 16.6 Å². The number of hydrogen-bond acceptors (Lipinski definition) is 4. The van der Waals surface area contributed by atoms with Crippen molar-refractivity contribution >= 4 is 12.1 Å². The first kappa shape index (κ1) is 14.8. The summed E-state index contributed by atoms with van der Waals surface area (Å²) in [4.78, 5) is 22.9. The predicted octanol–water partition coefficient (Wildman–Crippen LogP) is 2.03. The molecule has 102 valence electrons. The first-order valence-electron chi connectivity index (χ1n) is 5.83. The largest absolute Gasteiger partial charge is 0.467 e. The Kier molecular flexibility index (Phi) is 6.15. The van der Waals surface area contributed by atoms with Crippen LogP contribution in [0.25, 0.3) is 0 Å². The van der Waals surface area contributed by atoms with E-state index in [9.17, 15) is 9.59 Å². The monoisotopic (exact) mass is 263 g/mol. The van der Waals surface area contributed by atoms with Gasteiger partial charge in [-0.05, 0) is 12.0 Å². The number of esters is 1. The summed E-state index contributed by atoms with van der Waals surface area (Å²) in [6.45, 7) is 3.67. The molecule has 0 aliphatic rings. The smallest absolute Gasteiger partial charge is 0.408 e. The molecular weight excluding hydrogens is 246 g/mol. The number of methoxy groups -OCH3 is 1. The summed E-state index contributed by atoms with van der Waals surface area (Å²) in [6, 6.07) is 8.49. The van der Waals surface area contributed by atoms with E-state index in [0.717, 1.165) is 5.56 Å². The van der Waals surface area contributed by atoms with Crippen LogP contribution in [0.5, 0.6) is 0 Å². The second-order valence-electron chi connectivity index (χ2n) is 3.81. The number of amides is 1. The van der Waals surface area contributed by atoms with E-state index in [1.807, 2.05) is 30.3 Å². The normalized spacial score (nSPS) is 11.2. The molecule has 0 bridgehead atoms. The van der Waals surface area contributed by atoms with E-state index >= 15 is 0 Å². The lowest BCUT2D eigenvalue weighted by molar-refractivity contribution is -0.142. The lowest BCUT2D eigenvalue weighted by atomic mass is 10.2. The van der Waals surface area contributed by atoms with E-state index in [0.29, 0.717) is 0 Å². The summed E-state index contributed by atoms with van der Waals surface area (Å²) in [5.74, 6) is -0.531. The van der Waals surface area contributed by atoms with Gasteiger partial charge in [0.25, 0.3) is 0 Å². The predicted molar refractivity (Wildman–Crippen MR) is 70.4 cm³/mol. The van der Waals surface area contributed by atoms with Gasteiger partial charge in [-0.15, -0.1) is 6.58 Å². The molecule has 0 unspecified atom stereocenters. The minimum Gasteiger partial charge on any atom is -0.467 e. The summed E-state index contributed by atoms with van der Waals surface area (Å²) in [6.07, 6.45) is 1.15. The zero-order chi connectivity index (χ0) is 14.1. The van der Waals surface area contributed by atoms with Gasteiger partial charge in [-0.25, -0.2) is 9.59 Å². The summed E-state index contributed by atoms with van der Waals surface area (Å²) in [5, 5.41) is 2.43. The number of rotatable bonds is 6. The zero-order valence-electron chi connectivity index (χ0n) is 10.8. The fraction of sp³-hybridized carbons (Fsp3) is 0.286. The van der Waals surface area contributed by atoms with Gasteiger partial charge in [0.2, 0.25) is 0 Å². The van der Waals surface area contributed by atoms with Crippen molar-refractivity contribution in [2.24, 2.45) is 0 Å². The van der Waals surface area contributed by atoms with Crippen LogP contribution in [0.1, 0.15) is 12.0 Å². The van der Waals surface area contributed by atoms with Crippen molar-refractivity contribution in [2.75, 3.05) is 7.11 Å². The molecule has 19 heavy (non-hydrogen) atoms. The van der Waals surface area contributed by atoms with Crippen molar-refractivity contribution in [3.8, 4) is 0 Å². The molecule has 5 heteroatoms. The van der Waals surface area contributed by atoms with Crippen LogP contribution in [-0.2, 0) is 20.9 Å². The van der Waals surface area contributed by atoms with Crippen LogP contribution in [0.3, 0.4) is 0 Å². The van der Waals surface area contributed by atoms with E-state index in [-0.39, 0.29) is 13.0 Å². The SMILES string of the molecule is C=CC[C@@H](NC(=O)OCc1ccccc1)C(=O)OC. The molecule has 1 amide bonds. The summed E-state index contributed by atoms with van der Waals surface area (Å²) in [5.41, 5.74) is 0.871. The standard InChI is InChI=1S/C14H17NO4/c1-3-7-12(13(16)18-2)15-14(17)19-10-11-8-5-4-6-9-11/h3-6,8-9,12H,1,7,10H2,2H3,(H,15,17)/t12-/m1/s1. The third kappa shape index (κ3) is 5.25. The summed E-state index contributed by atoms with van der Waals surface area (Å²) >= 11 is 0. The lowest BCUT2D eigenvalue weighted by Crippen LogP contribution is -2.41. The Balaban J connectivity index is 2.44. The van der Waals surface area contributed by atoms with Crippen molar-refractivity contribution in [1.82, 2.24) is 5.32 Å². The molecule has 1 rings (SSSR count). The first-order valence-corrected chi connectivity index (χ1v) is 5.83. The molecule has 0 saturated heterocycles. The van der Waals surface area contributed by atoms with Crippen LogP contribution in [-0.4, -0.2) is 25.2 Å². The van der Waals surface area contributed by atoms with Gasteiger partial charge in [0.15, 0.2) is 0 Å². The Morgan fingerprint density at radius 3 is 2.63 bits per heavy atom. The highest BCUT2D eigenvalue weighted by Gasteiger charge is 2.20. The number of ether oxygens (including phenoxy) is 2. The molecule has 0 heterocycles. The third-order valence-corrected chi connectivity index (χ3v) is 2.39. The van der Waals surface area contributed by atoms with Crippen LogP contribution < -0.4 is 5.32 Å². The van der Waals surface area contributed by atoms with E-state index in [1.54, 1.807) is 0 Å². The average molecular weight is 263 g/mol. The zero-order valence-corrected chi connectivity index (χ0v) is 10.8. The second kappa shape index (κ2) is 7.92. The Bertz CT molecular complexity index is 430. The molecule has 5 nitrogen and oxygen atoms in total. The van der Waals surface area contributed by atoms with Crippen LogP contribution in [0, 0.1) is 0 Å². The van der Waals surface area contributed by atoms with Crippen LogP contribution in [0.2, 0.25) is 0 Å². The number of benzene rings is 1. The van der Waals surface area contributed by atoms with Gasteiger partial charge in [0.05, 0.1) is 7.11 Å². The van der Waals surface area contributed by atoms with E-state index in [1.165, 1.54) is 13.2 Å². The average Bonchev–Trinajstić information content (AvgIpc) is 2.45. The number of carbonyl (C=O) groups excluding carboxylic acids is 2. The first-order chi connectivity index (χ1) is 9.17. The Labute approximate surface area is 112 Å². The second-order valence-corrected chi connectivity index (χ2v) is 3.81. The van der Waals surface area contributed by atoms with Crippen molar-refractivity contribution in [2.45, 2.75) is 19.1 Å². The van der Waals surface area contributed by atoms with Gasteiger partial charge in [0, 0.05) is 0 Å². The Hall–Kier alpha value is -2.30. The van der Waals surface area contributed by atoms with Gasteiger partial charge in [0.1, 0.15) is 12.6 Å². The molecule has 0 aliphatic carbocycles. The van der Waals surface area contributed by atoms with E-state index < -0.39 is 18.1 Å². The molecule has 1 atom stereocenters. The van der Waals surface area contributed by atoms with Gasteiger partial charge in [-0.3, -0.25) is 0 Å². The molecule has 0 fully saturated rings. The molecule has 0 spiro atoms. The van der Waals surface area contributed by atoms with Gasteiger partial charge in [-0.1, -0.05) is 36.4 Å². The topological polar surface area (TPSA) is 64.6 Å². The van der Waals surface area contributed by atoms with Crippen molar-refractivity contribution in [3.05, 3.63) is 48.6 Å².